The van der Waals surface area contributed by atoms with Crippen LogP contribution in [0.2, 0.25) is 0 Å². The highest BCUT2D eigenvalue weighted by atomic mass is 16.2. The standard InChI is InChI=1S/C9H12N2O/c10-6-4-5-9(12)11-7-2-1-3-8-11/h4-5H,1-3,7-8H2. The quantitative estimate of drug-likeness (QED) is 0.430. The Bertz CT molecular complexity index is 221. The molecule has 1 fully saturated rings. The molecule has 0 unspecified atom stereocenters. The normalized spacial score (nSPS) is 17.8. The van der Waals surface area contributed by atoms with Crippen LogP contribution in [0.4, 0.5) is 0 Å². The minimum absolute atomic E-state index is 0.0312. The molecule has 1 aliphatic heterocycles. The maximum Gasteiger partial charge on any atom is 0.247 e. The molecule has 3 nitrogen and oxygen atoms in total. The van der Waals surface area contributed by atoms with E-state index in [-0.39, 0.29) is 5.91 Å². The summed E-state index contributed by atoms with van der Waals surface area (Å²) in [5, 5.41) is 8.21. The van der Waals surface area contributed by atoms with Crippen LogP contribution in [0.1, 0.15) is 19.3 Å². The van der Waals surface area contributed by atoms with Gasteiger partial charge in [-0.25, -0.2) is 0 Å². The van der Waals surface area contributed by atoms with E-state index in [4.69, 9.17) is 5.26 Å². The highest BCUT2D eigenvalue weighted by molar-refractivity contribution is 5.88. The molecular weight excluding hydrogens is 152 g/mol. The zero-order valence-corrected chi connectivity index (χ0v) is 6.99. The SMILES string of the molecule is N#CC=CC(=O)N1CCCCC1. The number of carbonyl (C=O) groups excluding carboxylic acids is 1. The average molecular weight is 164 g/mol. The van der Waals surface area contributed by atoms with E-state index >= 15 is 0 Å². The van der Waals surface area contributed by atoms with Crippen molar-refractivity contribution in [1.82, 2.24) is 4.90 Å². The Morgan fingerprint density at radius 2 is 2.00 bits per heavy atom. The Morgan fingerprint density at radius 1 is 1.33 bits per heavy atom. The van der Waals surface area contributed by atoms with Crippen molar-refractivity contribution in [2.75, 3.05) is 13.1 Å². The van der Waals surface area contributed by atoms with Crippen molar-refractivity contribution in [3.8, 4) is 6.07 Å². The van der Waals surface area contributed by atoms with Gasteiger partial charge >= 0.3 is 0 Å². The average Bonchev–Trinajstić information content (AvgIpc) is 2.15. The summed E-state index contributed by atoms with van der Waals surface area (Å²) >= 11 is 0. The van der Waals surface area contributed by atoms with E-state index in [9.17, 15) is 4.79 Å². The zero-order valence-electron chi connectivity index (χ0n) is 6.99. The molecule has 0 aromatic heterocycles. The molecule has 1 amide bonds. The van der Waals surface area contributed by atoms with E-state index in [1.54, 1.807) is 4.90 Å². The molecule has 0 bridgehead atoms. The lowest BCUT2D eigenvalue weighted by Gasteiger charge is -2.25. The van der Waals surface area contributed by atoms with Crippen LogP contribution >= 0.6 is 0 Å². The number of hydrogen-bond donors (Lipinski definition) is 0. The second-order valence-electron chi connectivity index (χ2n) is 2.85. The number of allylic oxidation sites excluding steroid dienone is 1. The van der Waals surface area contributed by atoms with E-state index in [1.807, 2.05) is 6.07 Å². The monoisotopic (exact) mass is 164 g/mol. The van der Waals surface area contributed by atoms with Crippen molar-refractivity contribution in [3.63, 3.8) is 0 Å². The van der Waals surface area contributed by atoms with Gasteiger partial charge < -0.3 is 4.90 Å². The number of rotatable bonds is 1. The second kappa shape index (κ2) is 4.55. The predicted octanol–water partition coefficient (Wildman–Crippen LogP) is 1.08. The van der Waals surface area contributed by atoms with Crippen molar-refractivity contribution < 1.29 is 4.79 Å². The Balaban J connectivity index is 2.41. The maximum atomic E-state index is 11.2. The van der Waals surface area contributed by atoms with Crippen LogP contribution < -0.4 is 0 Å². The van der Waals surface area contributed by atoms with Gasteiger partial charge in [0.15, 0.2) is 0 Å². The van der Waals surface area contributed by atoms with Crippen molar-refractivity contribution in [1.29, 1.82) is 5.26 Å². The summed E-state index contributed by atoms with van der Waals surface area (Å²) in [4.78, 5) is 13.0. The van der Waals surface area contributed by atoms with Crippen molar-refractivity contribution >= 4 is 5.91 Å². The second-order valence-corrected chi connectivity index (χ2v) is 2.85. The molecule has 1 rings (SSSR count). The Morgan fingerprint density at radius 3 is 2.58 bits per heavy atom. The molecule has 0 radical (unpaired) electrons. The molecule has 1 saturated heterocycles. The fraction of sp³-hybridized carbons (Fsp3) is 0.556. The summed E-state index contributed by atoms with van der Waals surface area (Å²) in [6.07, 6.45) is 5.96. The number of nitriles is 1. The van der Waals surface area contributed by atoms with Crippen molar-refractivity contribution in [2.45, 2.75) is 19.3 Å². The van der Waals surface area contributed by atoms with Gasteiger partial charge in [-0.2, -0.15) is 5.26 Å². The largest absolute Gasteiger partial charge is 0.339 e. The van der Waals surface area contributed by atoms with Crippen LogP contribution in [-0.4, -0.2) is 23.9 Å². The fourth-order valence-corrected chi connectivity index (χ4v) is 1.33. The van der Waals surface area contributed by atoms with E-state index in [0.717, 1.165) is 25.9 Å². The lowest BCUT2D eigenvalue weighted by molar-refractivity contribution is -0.126. The first-order chi connectivity index (χ1) is 5.84. The lowest BCUT2D eigenvalue weighted by Crippen LogP contribution is -2.34. The number of amides is 1. The topological polar surface area (TPSA) is 44.1 Å². The molecule has 1 aliphatic rings. The molecule has 1 heterocycles. The number of nitrogens with zero attached hydrogens (tertiary/aromatic N) is 2. The van der Waals surface area contributed by atoms with Crippen LogP contribution in [-0.2, 0) is 4.79 Å². The van der Waals surface area contributed by atoms with Crippen LogP contribution in [0.15, 0.2) is 12.2 Å². The van der Waals surface area contributed by atoms with E-state index < -0.39 is 0 Å². The van der Waals surface area contributed by atoms with Gasteiger partial charge in [-0.1, -0.05) is 0 Å². The molecule has 0 aliphatic carbocycles. The summed E-state index contributed by atoms with van der Waals surface area (Å²) in [5.41, 5.74) is 0. The lowest BCUT2D eigenvalue weighted by atomic mass is 10.1. The highest BCUT2D eigenvalue weighted by Gasteiger charge is 2.13. The van der Waals surface area contributed by atoms with E-state index in [1.165, 1.54) is 18.6 Å². The summed E-state index contributed by atoms with van der Waals surface area (Å²) < 4.78 is 0. The molecule has 64 valence electrons. The fourth-order valence-electron chi connectivity index (χ4n) is 1.33. The first kappa shape index (κ1) is 8.79. The Labute approximate surface area is 72.3 Å². The smallest absolute Gasteiger partial charge is 0.247 e. The van der Waals surface area contributed by atoms with Crippen LogP contribution in [0.5, 0.6) is 0 Å². The number of piperidine rings is 1. The Kier molecular flexibility index (Phi) is 3.34. The van der Waals surface area contributed by atoms with Gasteiger partial charge in [0.25, 0.3) is 0 Å². The molecule has 0 aromatic rings. The summed E-state index contributed by atoms with van der Waals surface area (Å²) in [6, 6.07) is 1.81. The van der Waals surface area contributed by atoms with Crippen LogP contribution in [0.3, 0.4) is 0 Å². The maximum absolute atomic E-state index is 11.2. The number of hydrogen-bond acceptors (Lipinski definition) is 2. The third-order valence-corrected chi connectivity index (χ3v) is 1.97. The molecule has 0 aromatic carbocycles. The molecule has 12 heavy (non-hydrogen) atoms. The molecule has 3 heteroatoms. The van der Waals surface area contributed by atoms with Gasteiger partial charge in [0, 0.05) is 25.2 Å². The van der Waals surface area contributed by atoms with Gasteiger partial charge in [-0.3, -0.25) is 4.79 Å². The minimum atomic E-state index is -0.0312. The first-order valence-electron chi connectivity index (χ1n) is 4.19. The minimum Gasteiger partial charge on any atom is -0.339 e. The van der Waals surface area contributed by atoms with Crippen LogP contribution in [0, 0.1) is 11.3 Å². The van der Waals surface area contributed by atoms with E-state index in [2.05, 4.69) is 0 Å². The van der Waals surface area contributed by atoms with Gasteiger partial charge in [0.2, 0.25) is 5.91 Å². The molecule has 0 atom stereocenters. The third-order valence-electron chi connectivity index (χ3n) is 1.97. The molecule has 0 N–H and O–H groups in total. The van der Waals surface area contributed by atoms with Gasteiger partial charge in [0.05, 0.1) is 6.07 Å². The van der Waals surface area contributed by atoms with Crippen molar-refractivity contribution in [3.05, 3.63) is 12.2 Å². The molecule has 0 spiro atoms. The van der Waals surface area contributed by atoms with Gasteiger partial charge in [0.1, 0.15) is 0 Å². The molecule has 0 saturated carbocycles. The van der Waals surface area contributed by atoms with Crippen molar-refractivity contribution in [2.24, 2.45) is 0 Å². The summed E-state index contributed by atoms with van der Waals surface area (Å²) in [5.74, 6) is -0.0312. The Hall–Kier alpha value is -1.30. The summed E-state index contributed by atoms with van der Waals surface area (Å²) in [7, 11) is 0. The molecular formula is C9H12N2O. The van der Waals surface area contributed by atoms with Crippen LogP contribution in [0.25, 0.3) is 0 Å². The summed E-state index contributed by atoms with van der Waals surface area (Å²) in [6.45, 7) is 1.68. The highest BCUT2D eigenvalue weighted by Crippen LogP contribution is 2.08. The predicted molar refractivity (Wildman–Crippen MR) is 45.2 cm³/mol. The zero-order chi connectivity index (χ0) is 8.81. The van der Waals surface area contributed by atoms with Gasteiger partial charge in [-0.15, -0.1) is 0 Å². The number of carbonyl (C=O) groups is 1. The number of likely N-dealkylation sites (tertiary alicyclic amines) is 1. The first-order valence-corrected chi connectivity index (χ1v) is 4.19. The third kappa shape index (κ3) is 2.39. The van der Waals surface area contributed by atoms with E-state index in [0.29, 0.717) is 0 Å². The van der Waals surface area contributed by atoms with Gasteiger partial charge in [-0.05, 0) is 19.3 Å².